The molecule has 0 aromatic carbocycles. The molecule has 0 saturated carbocycles. The molecule has 0 amide bonds. The minimum atomic E-state index is -0.126. The van der Waals surface area contributed by atoms with Crippen LogP contribution in [0.25, 0.3) is 0 Å². The topological polar surface area (TPSA) is 39.1 Å². The van der Waals surface area contributed by atoms with Crippen LogP contribution < -0.4 is 5.32 Å². The van der Waals surface area contributed by atoms with Gasteiger partial charge in [-0.1, -0.05) is 0 Å². The van der Waals surface area contributed by atoms with Crippen molar-refractivity contribution in [2.75, 3.05) is 13.2 Å². The molecule has 4 heteroatoms. The second-order valence-corrected chi connectivity index (χ2v) is 5.14. The molecular formula is C13H25N3O. The van der Waals surface area contributed by atoms with E-state index >= 15 is 0 Å². The first-order chi connectivity index (χ1) is 7.85. The molecule has 0 spiro atoms. The van der Waals surface area contributed by atoms with Crippen molar-refractivity contribution in [3.63, 3.8) is 0 Å². The highest BCUT2D eigenvalue weighted by Gasteiger charge is 2.19. The Morgan fingerprint density at radius 3 is 2.65 bits per heavy atom. The van der Waals surface area contributed by atoms with Crippen molar-refractivity contribution in [1.82, 2.24) is 15.1 Å². The minimum Gasteiger partial charge on any atom is -0.375 e. The zero-order valence-corrected chi connectivity index (χ0v) is 11.9. The Bertz CT molecular complexity index is 358. The third-order valence-electron chi connectivity index (χ3n) is 2.89. The number of nitrogens with zero attached hydrogens (tertiary/aromatic N) is 2. The zero-order valence-electron chi connectivity index (χ0n) is 11.9. The van der Waals surface area contributed by atoms with E-state index in [4.69, 9.17) is 4.74 Å². The standard InChI is InChI=1S/C13H25N3O/c1-7-17-13(4,5)9-14-10(2)12-8-16(6)15-11(12)3/h8,10,14H,7,9H2,1-6H3. The van der Waals surface area contributed by atoms with Gasteiger partial charge in [0.15, 0.2) is 0 Å². The van der Waals surface area contributed by atoms with E-state index in [-0.39, 0.29) is 5.60 Å². The molecule has 17 heavy (non-hydrogen) atoms. The first kappa shape index (κ1) is 14.2. The fourth-order valence-corrected chi connectivity index (χ4v) is 1.99. The molecule has 1 heterocycles. The highest BCUT2D eigenvalue weighted by atomic mass is 16.5. The molecule has 1 aromatic heterocycles. The van der Waals surface area contributed by atoms with Crippen molar-refractivity contribution in [3.05, 3.63) is 17.5 Å². The number of aromatic nitrogens is 2. The SMILES string of the molecule is CCOC(C)(C)CNC(C)c1cn(C)nc1C. The Hall–Kier alpha value is -0.870. The molecule has 1 aromatic rings. The summed E-state index contributed by atoms with van der Waals surface area (Å²) in [6.45, 7) is 12.0. The summed E-state index contributed by atoms with van der Waals surface area (Å²) in [7, 11) is 1.95. The maximum absolute atomic E-state index is 5.67. The maximum Gasteiger partial charge on any atom is 0.0750 e. The second-order valence-electron chi connectivity index (χ2n) is 5.14. The summed E-state index contributed by atoms with van der Waals surface area (Å²) in [4.78, 5) is 0. The Morgan fingerprint density at radius 1 is 1.53 bits per heavy atom. The molecule has 1 unspecified atom stereocenters. The molecular weight excluding hydrogens is 214 g/mol. The van der Waals surface area contributed by atoms with E-state index in [2.05, 4.69) is 37.4 Å². The van der Waals surface area contributed by atoms with Gasteiger partial charge in [-0.2, -0.15) is 5.10 Å². The van der Waals surface area contributed by atoms with E-state index in [9.17, 15) is 0 Å². The van der Waals surface area contributed by atoms with Gasteiger partial charge < -0.3 is 10.1 Å². The Morgan fingerprint density at radius 2 is 2.18 bits per heavy atom. The summed E-state index contributed by atoms with van der Waals surface area (Å²) in [5.41, 5.74) is 2.21. The molecule has 0 aliphatic heterocycles. The highest BCUT2D eigenvalue weighted by molar-refractivity contribution is 5.19. The Labute approximate surface area is 104 Å². The van der Waals surface area contributed by atoms with E-state index in [1.807, 2.05) is 25.6 Å². The molecule has 0 aliphatic carbocycles. The summed E-state index contributed by atoms with van der Waals surface area (Å²) < 4.78 is 7.53. The lowest BCUT2D eigenvalue weighted by Gasteiger charge is -2.27. The largest absolute Gasteiger partial charge is 0.375 e. The van der Waals surface area contributed by atoms with Gasteiger partial charge in [0.05, 0.1) is 11.3 Å². The second kappa shape index (κ2) is 5.65. The number of hydrogen-bond donors (Lipinski definition) is 1. The number of aryl methyl sites for hydroxylation is 2. The number of ether oxygens (including phenoxy) is 1. The van der Waals surface area contributed by atoms with Crippen LogP contribution in [-0.4, -0.2) is 28.5 Å². The monoisotopic (exact) mass is 239 g/mol. The predicted octanol–water partition coefficient (Wildman–Crippen LogP) is 2.19. The van der Waals surface area contributed by atoms with Crippen LogP contribution in [0.5, 0.6) is 0 Å². The van der Waals surface area contributed by atoms with Gasteiger partial charge in [-0.25, -0.2) is 0 Å². The number of nitrogens with one attached hydrogen (secondary N) is 1. The molecule has 0 aliphatic rings. The summed E-state index contributed by atoms with van der Waals surface area (Å²) in [6.07, 6.45) is 2.07. The highest BCUT2D eigenvalue weighted by Crippen LogP contribution is 2.17. The molecule has 4 nitrogen and oxygen atoms in total. The van der Waals surface area contributed by atoms with Crippen LogP contribution in [0.3, 0.4) is 0 Å². The molecule has 1 N–H and O–H groups in total. The van der Waals surface area contributed by atoms with Gasteiger partial charge >= 0.3 is 0 Å². The van der Waals surface area contributed by atoms with Crippen LogP contribution in [0.15, 0.2) is 6.20 Å². The van der Waals surface area contributed by atoms with E-state index in [1.54, 1.807) is 0 Å². The normalized spacial score (nSPS) is 14.0. The van der Waals surface area contributed by atoms with Gasteiger partial charge in [-0.05, 0) is 34.6 Å². The Balaban J connectivity index is 2.55. The van der Waals surface area contributed by atoms with Crippen LogP contribution in [0.4, 0.5) is 0 Å². The number of hydrogen-bond acceptors (Lipinski definition) is 3. The van der Waals surface area contributed by atoms with E-state index < -0.39 is 0 Å². The van der Waals surface area contributed by atoms with Gasteiger partial charge in [-0.3, -0.25) is 4.68 Å². The third kappa shape index (κ3) is 4.13. The quantitative estimate of drug-likeness (QED) is 0.827. The summed E-state index contributed by atoms with van der Waals surface area (Å²) >= 11 is 0. The lowest BCUT2D eigenvalue weighted by Crippen LogP contribution is -2.38. The van der Waals surface area contributed by atoms with Crippen molar-refractivity contribution in [1.29, 1.82) is 0 Å². The van der Waals surface area contributed by atoms with Crippen molar-refractivity contribution < 1.29 is 4.74 Å². The summed E-state index contributed by atoms with van der Waals surface area (Å²) in [5, 5.41) is 7.86. The van der Waals surface area contributed by atoms with Crippen molar-refractivity contribution in [2.24, 2.45) is 7.05 Å². The third-order valence-corrected chi connectivity index (χ3v) is 2.89. The average molecular weight is 239 g/mol. The summed E-state index contributed by atoms with van der Waals surface area (Å²) in [6, 6.07) is 0.295. The molecule has 98 valence electrons. The fourth-order valence-electron chi connectivity index (χ4n) is 1.99. The molecule has 0 saturated heterocycles. The molecule has 0 radical (unpaired) electrons. The van der Waals surface area contributed by atoms with Crippen LogP contribution >= 0.6 is 0 Å². The average Bonchev–Trinajstić information content (AvgIpc) is 2.54. The van der Waals surface area contributed by atoms with Gasteiger partial charge in [0.1, 0.15) is 0 Å². The van der Waals surface area contributed by atoms with Crippen LogP contribution in [0.2, 0.25) is 0 Å². The lowest BCUT2D eigenvalue weighted by atomic mass is 10.1. The molecule has 0 fully saturated rings. The number of rotatable bonds is 6. The summed E-state index contributed by atoms with van der Waals surface area (Å²) in [5.74, 6) is 0. The lowest BCUT2D eigenvalue weighted by molar-refractivity contribution is -0.0103. The Kier molecular flexibility index (Phi) is 4.71. The molecule has 0 bridgehead atoms. The van der Waals surface area contributed by atoms with Crippen LogP contribution in [0, 0.1) is 6.92 Å². The van der Waals surface area contributed by atoms with E-state index in [1.165, 1.54) is 5.56 Å². The fraction of sp³-hybridized carbons (Fsp3) is 0.769. The first-order valence-electron chi connectivity index (χ1n) is 6.23. The van der Waals surface area contributed by atoms with Gasteiger partial charge in [0.25, 0.3) is 0 Å². The minimum absolute atomic E-state index is 0.126. The van der Waals surface area contributed by atoms with E-state index in [0.29, 0.717) is 6.04 Å². The molecule has 1 rings (SSSR count). The van der Waals surface area contributed by atoms with Crippen LogP contribution in [0.1, 0.15) is 45.0 Å². The van der Waals surface area contributed by atoms with Gasteiger partial charge in [0.2, 0.25) is 0 Å². The van der Waals surface area contributed by atoms with Gasteiger partial charge in [-0.15, -0.1) is 0 Å². The molecule has 1 atom stereocenters. The zero-order chi connectivity index (χ0) is 13.1. The van der Waals surface area contributed by atoms with Crippen molar-refractivity contribution in [2.45, 2.75) is 46.3 Å². The van der Waals surface area contributed by atoms with Gasteiger partial charge in [0, 0.05) is 38.0 Å². The maximum atomic E-state index is 5.67. The van der Waals surface area contributed by atoms with Crippen molar-refractivity contribution >= 4 is 0 Å². The predicted molar refractivity (Wildman–Crippen MR) is 70.1 cm³/mol. The first-order valence-corrected chi connectivity index (χ1v) is 6.23. The smallest absolute Gasteiger partial charge is 0.0750 e. The van der Waals surface area contributed by atoms with E-state index in [0.717, 1.165) is 18.8 Å². The van der Waals surface area contributed by atoms with Crippen LogP contribution in [-0.2, 0) is 11.8 Å². The van der Waals surface area contributed by atoms with Crippen molar-refractivity contribution in [3.8, 4) is 0 Å².